The Morgan fingerprint density at radius 1 is 1.10 bits per heavy atom. The molecule has 1 aliphatic rings. The Morgan fingerprint density at radius 3 is 2.34 bits per heavy atom. The van der Waals surface area contributed by atoms with Crippen molar-refractivity contribution in [3.8, 4) is 0 Å². The fourth-order valence-corrected chi connectivity index (χ4v) is 3.08. The Kier molecular flexibility index (Phi) is 8.01. The fraction of sp³-hybridized carbons (Fsp3) is 0.500. The largest absolute Gasteiger partial charge is 0.453 e. The van der Waals surface area contributed by atoms with Crippen LogP contribution in [0.2, 0.25) is 5.02 Å². The van der Waals surface area contributed by atoms with Crippen LogP contribution in [0.15, 0.2) is 18.2 Å². The Morgan fingerprint density at radius 2 is 1.72 bits per heavy atom. The first-order chi connectivity index (χ1) is 13.7. The van der Waals surface area contributed by atoms with Crippen LogP contribution in [0.25, 0.3) is 0 Å². The van der Waals surface area contributed by atoms with Crippen LogP contribution in [-0.2, 0) is 23.9 Å². The third-order valence-electron chi connectivity index (χ3n) is 4.76. The molecule has 1 saturated heterocycles. The number of benzene rings is 1. The number of carbonyl (C=O) groups is 4. The van der Waals surface area contributed by atoms with E-state index in [0.29, 0.717) is 36.9 Å². The Labute approximate surface area is 175 Å². The van der Waals surface area contributed by atoms with E-state index in [2.05, 4.69) is 5.32 Å². The first-order valence-electron chi connectivity index (χ1n) is 9.47. The molecule has 0 aromatic heterocycles. The van der Waals surface area contributed by atoms with Crippen molar-refractivity contribution in [2.45, 2.75) is 39.7 Å². The number of ether oxygens (including phenoxy) is 1. The summed E-state index contributed by atoms with van der Waals surface area (Å²) in [7, 11) is 0. The van der Waals surface area contributed by atoms with Crippen LogP contribution >= 0.6 is 11.6 Å². The zero-order valence-electron chi connectivity index (χ0n) is 16.9. The van der Waals surface area contributed by atoms with E-state index in [1.807, 2.05) is 6.92 Å². The number of rotatable bonds is 6. The van der Waals surface area contributed by atoms with Gasteiger partial charge in [0.05, 0.1) is 6.42 Å². The van der Waals surface area contributed by atoms with Crippen molar-refractivity contribution in [3.05, 3.63) is 28.8 Å². The standard InChI is InChI=1S/C20H26ClN3O5/c1-13-4-5-16(21)12-17(13)22-20(28)14(2)29-19(27)7-6-18(26)24-10-8-23(9-11-24)15(3)25/h4-5,12,14H,6-11H2,1-3H3,(H,22,28)/t14-/m1/s1. The number of halogens is 1. The molecule has 1 aromatic rings. The molecular weight excluding hydrogens is 398 g/mol. The summed E-state index contributed by atoms with van der Waals surface area (Å²) in [5.74, 6) is -1.28. The van der Waals surface area contributed by atoms with Crippen molar-refractivity contribution in [2.24, 2.45) is 0 Å². The smallest absolute Gasteiger partial charge is 0.307 e. The van der Waals surface area contributed by atoms with E-state index in [9.17, 15) is 19.2 Å². The number of carbonyl (C=O) groups excluding carboxylic acids is 4. The van der Waals surface area contributed by atoms with E-state index < -0.39 is 18.0 Å². The summed E-state index contributed by atoms with van der Waals surface area (Å²) < 4.78 is 5.13. The van der Waals surface area contributed by atoms with Crippen molar-refractivity contribution in [1.29, 1.82) is 0 Å². The lowest BCUT2D eigenvalue weighted by atomic mass is 10.2. The monoisotopic (exact) mass is 423 g/mol. The molecule has 8 nitrogen and oxygen atoms in total. The number of aryl methyl sites for hydroxylation is 1. The van der Waals surface area contributed by atoms with Crippen molar-refractivity contribution in [3.63, 3.8) is 0 Å². The number of nitrogens with one attached hydrogen (secondary N) is 1. The number of piperazine rings is 1. The Bertz CT molecular complexity index is 790. The zero-order valence-corrected chi connectivity index (χ0v) is 17.6. The van der Waals surface area contributed by atoms with Gasteiger partial charge in [-0.1, -0.05) is 17.7 Å². The van der Waals surface area contributed by atoms with Crippen molar-refractivity contribution in [1.82, 2.24) is 9.80 Å². The molecule has 1 N–H and O–H groups in total. The van der Waals surface area contributed by atoms with Crippen LogP contribution in [0.5, 0.6) is 0 Å². The minimum absolute atomic E-state index is 0.000640. The van der Waals surface area contributed by atoms with Crippen molar-refractivity contribution >= 4 is 41.0 Å². The summed E-state index contributed by atoms with van der Waals surface area (Å²) in [6.45, 7) is 6.67. The summed E-state index contributed by atoms with van der Waals surface area (Å²) in [5.41, 5.74) is 1.38. The number of esters is 1. The summed E-state index contributed by atoms with van der Waals surface area (Å²) in [6.07, 6.45) is -1.12. The third-order valence-corrected chi connectivity index (χ3v) is 4.99. The number of anilines is 1. The van der Waals surface area contributed by atoms with Gasteiger partial charge >= 0.3 is 5.97 Å². The van der Waals surface area contributed by atoms with E-state index in [4.69, 9.17) is 16.3 Å². The van der Waals surface area contributed by atoms with Crippen LogP contribution in [0, 0.1) is 6.92 Å². The SMILES string of the molecule is CC(=O)N1CCN(C(=O)CCC(=O)O[C@H](C)C(=O)Nc2cc(Cl)ccc2C)CC1. The van der Waals surface area contributed by atoms with E-state index in [-0.39, 0.29) is 24.7 Å². The van der Waals surface area contributed by atoms with Gasteiger partial charge in [-0.25, -0.2) is 0 Å². The molecule has 2 rings (SSSR count). The molecule has 0 spiro atoms. The van der Waals surface area contributed by atoms with Gasteiger partial charge in [0.2, 0.25) is 11.8 Å². The highest BCUT2D eigenvalue weighted by Gasteiger charge is 2.24. The quantitative estimate of drug-likeness (QED) is 0.706. The van der Waals surface area contributed by atoms with E-state index in [1.54, 1.807) is 28.0 Å². The van der Waals surface area contributed by atoms with E-state index >= 15 is 0 Å². The number of nitrogens with zero attached hydrogens (tertiary/aromatic N) is 2. The van der Waals surface area contributed by atoms with E-state index in [0.717, 1.165) is 5.56 Å². The van der Waals surface area contributed by atoms with Gasteiger partial charge in [0.15, 0.2) is 6.10 Å². The molecule has 0 saturated carbocycles. The fourth-order valence-electron chi connectivity index (χ4n) is 2.91. The van der Waals surface area contributed by atoms with Crippen LogP contribution < -0.4 is 5.32 Å². The molecule has 1 aromatic carbocycles. The van der Waals surface area contributed by atoms with Gasteiger partial charge in [-0.05, 0) is 31.5 Å². The van der Waals surface area contributed by atoms with Gasteiger partial charge in [0, 0.05) is 50.2 Å². The molecular formula is C20H26ClN3O5. The highest BCUT2D eigenvalue weighted by Crippen LogP contribution is 2.20. The van der Waals surface area contributed by atoms with Gasteiger partial charge in [-0.2, -0.15) is 0 Å². The average molecular weight is 424 g/mol. The summed E-state index contributed by atoms with van der Waals surface area (Å²) in [6, 6.07) is 5.11. The lowest BCUT2D eigenvalue weighted by Gasteiger charge is -2.34. The highest BCUT2D eigenvalue weighted by atomic mass is 35.5. The van der Waals surface area contributed by atoms with Gasteiger partial charge in [-0.15, -0.1) is 0 Å². The summed E-state index contributed by atoms with van der Waals surface area (Å²) in [5, 5.41) is 3.16. The molecule has 1 fully saturated rings. The van der Waals surface area contributed by atoms with Crippen molar-refractivity contribution < 1.29 is 23.9 Å². The topological polar surface area (TPSA) is 96.0 Å². The molecule has 1 aliphatic heterocycles. The first-order valence-corrected chi connectivity index (χ1v) is 9.85. The van der Waals surface area contributed by atoms with Crippen LogP contribution in [-0.4, -0.2) is 65.8 Å². The maximum absolute atomic E-state index is 12.2. The lowest BCUT2D eigenvalue weighted by Crippen LogP contribution is -2.50. The minimum Gasteiger partial charge on any atom is -0.453 e. The third kappa shape index (κ3) is 6.74. The van der Waals surface area contributed by atoms with E-state index in [1.165, 1.54) is 13.8 Å². The number of hydrogen-bond donors (Lipinski definition) is 1. The van der Waals surface area contributed by atoms with Gasteiger partial charge in [0.1, 0.15) is 0 Å². The molecule has 1 heterocycles. The molecule has 158 valence electrons. The second kappa shape index (κ2) is 10.2. The molecule has 9 heteroatoms. The maximum Gasteiger partial charge on any atom is 0.307 e. The molecule has 29 heavy (non-hydrogen) atoms. The normalized spacial score (nSPS) is 14.9. The predicted molar refractivity (Wildman–Crippen MR) is 108 cm³/mol. The molecule has 0 aliphatic carbocycles. The van der Waals surface area contributed by atoms with Crippen LogP contribution in [0.1, 0.15) is 32.3 Å². The summed E-state index contributed by atoms with van der Waals surface area (Å²) in [4.78, 5) is 51.1. The molecule has 0 unspecified atom stereocenters. The van der Waals surface area contributed by atoms with Gasteiger partial charge < -0.3 is 19.9 Å². The van der Waals surface area contributed by atoms with Crippen molar-refractivity contribution in [2.75, 3.05) is 31.5 Å². The second-order valence-electron chi connectivity index (χ2n) is 6.97. The van der Waals surface area contributed by atoms with Gasteiger partial charge in [-0.3, -0.25) is 19.2 Å². The molecule has 0 bridgehead atoms. The first kappa shape index (κ1) is 22.7. The summed E-state index contributed by atoms with van der Waals surface area (Å²) >= 11 is 5.93. The maximum atomic E-state index is 12.2. The number of hydrogen-bond acceptors (Lipinski definition) is 5. The Hall–Kier alpha value is -2.61. The molecule has 1 atom stereocenters. The number of amides is 3. The second-order valence-corrected chi connectivity index (χ2v) is 7.40. The Balaban J connectivity index is 1.75. The lowest BCUT2D eigenvalue weighted by molar-refractivity contribution is -0.154. The van der Waals surface area contributed by atoms with Gasteiger partial charge in [0.25, 0.3) is 5.91 Å². The molecule has 0 radical (unpaired) electrons. The zero-order chi connectivity index (χ0) is 21.6. The average Bonchev–Trinajstić information content (AvgIpc) is 2.68. The molecule has 3 amide bonds. The minimum atomic E-state index is -1.00. The van der Waals surface area contributed by atoms with Crippen LogP contribution in [0.3, 0.4) is 0 Å². The highest BCUT2D eigenvalue weighted by molar-refractivity contribution is 6.31. The predicted octanol–water partition coefficient (Wildman–Crippen LogP) is 1.99. The van der Waals surface area contributed by atoms with Crippen LogP contribution in [0.4, 0.5) is 5.69 Å².